The van der Waals surface area contributed by atoms with Gasteiger partial charge in [-0.15, -0.1) is 0 Å². The van der Waals surface area contributed by atoms with E-state index in [1.807, 2.05) is 39.9 Å². The molecule has 1 aromatic carbocycles. The van der Waals surface area contributed by atoms with Gasteiger partial charge in [0.2, 0.25) is 5.91 Å². The van der Waals surface area contributed by atoms with E-state index >= 15 is 0 Å². The maximum absolute atomic E-state index is 13.1. The molecule has 2 aliphatic heterocycles. The van der Waals surface area contributed by atoms with Crippen LogP contribution in [0.25, 0.3) is 17.0 Å². The monoisotopic (exact) mass is 533 g/mol. The Morgan fingerprint density at radius 1 is 1.34 bits per heavy atom. The first-order valence-corrected chi connectivity index (χ1v) is 13.1. The average Bonchev–Trinajstić information content (AvgIpc) is 3.19. The van der Waals surface area contributed by atoms with Crippen molar-refractivity contribution >= 4 is 73.0 Å². The zero-order chi connectivity index (χ0) is 23.0. The molecule has 0 saturated carbocycles. The number of likely N-dealkylation sites (tertiary alicyclic amines) is 1. The zero-order valence-corrected chi connectivity index (χ0v) is 21.9. The van der Waals surface area contributed by atoms with Crippen LogP contribution in [0, 0.1) is 5.92 Å². The third kappa shape index (κ3) is 4.82. The molecule has 2 fully saturated rings. The van der Waals surface area contributed by atoms with Crippen molar-refractivity contribution in [3.8, 4) is 0 Å². The number of piperidine rings is 1. The first-order valence-electron chi connectivity index (χ1n) is 11.1. The summed E-state index contributed by atoms with van der Waals surface area (Å²) in [5.74, 6) is 0.451. The van der Waals surface area contributed by atoms with Crippen molar-refractivity contribution in [3.05, 3.63) is 39.3 Å². The van der Waals surface area contributed by atoms with Crippen LogP contribution in [0.5, 0.6) is 0 Å². The van der Waals surface area contributed by atoms with E-state index in [1.54, 1.807) is 4.90 Å². The van der Waals surface area contributed by atoms with Crippen LogP contribution in [-0.4, -0.2) is 49.6 Å². The SMILES string of the molecule is CC(C)CN1C(=O)/C(=C/c2cn(CC(=O)N3CCCC[C@@H]3C)c3ccc(Br)cc23)SC1=S. The number of hydrogen-bond donors (Lipinski definition) is 0. The molecule has 32 heavy (non-hydrogen) atoms. The summed E-state index contributed by atoms with van der Waals surface area (Å²) >= 11 is 10.4. The Morgan fingerprint density at radius 2 is 2.12 bits per heavy atom. The molecule has 0 aliphatic carbocycles. The van der Waals surface area contributed by atoms with Gasteiger partial charge in [-0.2, -0.15) is 0 Å². The Labute approximate surface area is 207 Å². The number of hydrogen-bond acceptors (Lipinski definition) is 4. The van der Waals surface area contributed by atoms with Gasteiger partial charge in [-0.3, -0.25) is 14.5 Å². The second-order valence-electron chi connectivity index (χ2n) is 8.99. The van der Waals surface area contributed by atoms with Gasteiger partial charge in [0.25, 0.3) is 5.91 Å². The van der Waals surface area contributed by atoms with E-state index in [9.17, 15) is 9.59 Å². The van der Waals surface area contributed by atoms with Crippen molar-refractivity contribution in [1.82, 2.24) is 14.4 Å². The first-order chi connectivity index (χ1) is 15.2. The predicted octanol–water partition coefficient (Wildman–Crippen LogP) is 5.66. The van der Waals surface area contributed by atoms with Crippen LogP contribution in [0.4, 0.5) is 0 Å². The van der Waals surface area contributed by atoms with E-state index in [2.05, 4.69) is 36.7 Å². The summed E-state index contributed by atoms with van der Waals surface area (Å²) in [6, 6.07) is 6.33. The molecular formula is C24H28BrN3O2S2. The zero-order valence-electron chi connectivity index (χ0n) is 18.6. The number of amides is 2. The molecular weight excluding hydrogens is 506 g/mol. The summed E-state index contributed by atoms with van der Waals surface area (Å²) in [4.78, 5) is 30.4. The molecule has 2 aliphatic rings. The van der Waals surface area contributed by atoms with E-state index in [-0.39, 0.29) is 17.9 Å². The highest BCUT2D eigenvalue weighted by molar-refractivity contribution is 9.10. The number of aromatic nitrogens is 1. The van der Waals surface area contributed by atoms with E-state index in [0.717, 1.165) is 40.3 Å². The summed E-state index contributed by atoms with van der Waals surface area (Å²) in [5, 5.41) is 1.01. The van der Waals surface area contributed by atoms with Crippen LogP contribution in [0.2, 0.25) is 0 Å². The lowest BCUT2D eigenvalue weighted by atomic mass is 10.0. The molecule has 2 amide bonds. The van der Waals surface area contributed by atoms with E-state index in [0.29, 0.717) is 28.2 Å². The highest BCUT2D eigenvalue weighted by atomic mass is 79.9. The van der Waals surface area contributed by atoms with Gasteiger partial charge in [0.1, 0.15) is 10.9 Å². The number of carbonyl (C=O) groups excluding carboxylic acids is 2. The van der Waals surface area contributed by atoms with Crippen LogP contribution >= 0.6 is 39.9 Å². The predicted molar refractivity (Wildman–Crippen MR) is 139 cm³/mol. The van der Waals surface area contributed by atoms with Crippen LogP contribution in [0.3, 0.4) is 0 Å². The maximum Gasteiger partial charge on any atom is 0.266 e. The smallest absolute Gasteiger partial charge is 0.266 e. The lowest BCUT2D eigenvalue weighted by Gasteiger charge is -2.33. The Bertz CT molecular complexity index is 1110. The minimum absolute atomic E-state index is 0.0391. The molecule has 0 bridgehead atoms. The summed E-state index contributed by atoms with van der Waals surface area (Å²) in [5.41, 5.74) is 1.90. The van der Waals surface area contributed by atoms with Gasteiger partial charge < -0.3 is 9.47 Å². The lowest BCUT2D eigenvalue weighted by Crippen LogP contribution is -2.43. The van der Waals surface area contributed by atoms with Crippen LogP contribution in [-0.2, 0) is 16.1 Å². The van der Waals surface area contributed by atoms with Gasteiger partial charge in [-0.05, 0) is 56.4 Å². The molecule has 2 saturated heterocycles. The summed E-state index contributed by atoms with van der Waals surface area (Å²) in [6.45, 7) is 8.03. The second-order valence-corrected chi connectivity index (χ2v) is 11.6. The van der Waals surface area contributed by atoms with E-state index in [1.165, 1.54) is 18.2 Å². The number of fused-ring (bicyclic) bond motifs is 1. The molecule has 1 aromatic heterocycles. The molecule has 0 radical (unpaired) electrons. The number of carbonyl (C=O) groups is 2. The van der Waals surface area contributed by atoms with Gasteiger partial charge >= 0.3 is 0 Å². The van der Waals surface area contributed by atoms with Gasteiger partial charge in [-0.1, -0.05) is 53.8 Å². The molecule has 0 unspecified atom stereocenters. The van der Waals surface area contributed by atoms with Crippen molar-refractivity contribution in [2.45, 2.75) is 52.6 Å². The fourth-order valence-corrected chi connectivity index (χ4v) is 6.04. The Balaban J connectivity index is 1.66. The third-order valence-electron chi connectivity index (χ3n) is 6.01. The summed E-state index contributed by atoms with van der Waals surface area (Å²) in [6.07, 6.45) is 7.22. The Morgan fingerprint density at radius 3 is 2.84 bits per heavy atom. The van der Waals surface area contributed by atoms with Crippen LogP contribution in [0.15, 0.2) is 33.8 Å². The summed E-state index contributed by atoms with van der Waals surface area (Å²) < 4.78 is 3.57. The van der Waals surface area contributed by atoms with E-state index in [4.69, 9.17) is 12.2 Å². The highest BCUT2D eigenvalue weighted by Crippen LogP contribution is 2.35. The molecule has 4 rings (SSSR count). The number of thiocarbonyl (C=S) groups is 1. The van der Waals surface area contributed by atoms with Crippen molar-refractivity contribution in [2.24, 2.45) is 5.92 Å². The minimum Gasteiger partial charge on any atom is -0.338 e. The largest absolute Gasteiger partial charge is 0.338 e. The quantitative estimate of drug-likeness (QED) is 0.367. The van der Waals surface area contributed by atoms with Crippen molar-refractivity contribution in [3.63, 3.8) is 0 Å². The number of thioether (sulfide) groups is 1. The van der Waals surface area contributed by atoms with Crippen LogP contribution in [0.1, 0.15) is 45.6 Å². The van der Waals surface area contributed by atoms with E-state index < -0.39 is 0 Å². The standard InChI is InChI=1S/C24H28BrN3O2S2/c1-15(2)12-28-23(30)21(32-24(28)31)10-17-13-26(20-8-7-18(25)11-19(17)20)14-22(29)27-9-5-4-6-16(27)3/h7-8,10-11,13,15-16H,4-6,9,12,14H2,1-3H3/b21-10-/t16-/m0/s1. The molecule has 1 atom stereocenters. The number of nitrogens with zero attached hydrogens (tertiary/aromatic N) is 3. The van der Waals surface area contributed by atoms with Gasteiger partial charge in [0, 0.05) is 46.3 Å². The fraction of sp³-hybridized carbons (Fsp3) is 0.458. The first kappa shape index (κ1) is 23.5. The van der Waals surface area contributed by atoms with Gasteiger partial charge in [0.05, 0.1) is 4.91 Å². The fourth-order valence-electron chi connectivity index (χ4n) is 4.41. The maximum atomic E-state index is 13.1. The Kier molecular flexibility index (Phi) is 7.12. The van der Waals surface area contributed by atoms with Crippen molar-refractivity contribution in [2.75, 3.05) is 13.1 Å². The third-order valence-corrected chi connectivity index (χ3v) is 7.88. The minimum atomic E-state index is -0.0391. The van der Waals surface area contributed by atoms with Crippen molar-refractivity contribution in [1.29, 1.82) is 0 Å². The molecule has 2 aromatic rings. The number of halogens is 1. The molecule has 170 valence electrons. The second kappa shape index (κ2) is 9.69. The molecule has 5 nitrogen and oxygen atoms in total. The molecule has 8 heteroatoms. The Hall–Kier alpha value is -1.64. The molecule has 0 N–H and O–H groups in total. The normalized spacial score (nSPS) is 20.9. The van der Waals surface area contributed by atoms with Gasteiger partial charge in [0.15, 0.2) is 0 Å². The van der Waals surface area contributed by atoms with Crippen LogP contribution < -0.4 is 0 Å². The average molecular weight is 535 g/mol. The number of benzene rings is 1. The highest BCUT2D eigenvalue weighted by Gasteiger charge is 2.32. The lowest BCUT2D eigenvalue weighted by molar-refractivity contribution is -0.135. The van der Waals surface area contributed by atoms with Crippen molar-refractivity contribution < 1.29 is 9.59 Å². The number of rotatable bonds is 5. The van der Waals surface area contributed by atoms with Gasteiger partial charge in [-0.25, -0.2) is 0 Å². The molecule has 0 spiro atoms. The summed E-state index contributed by atoms with van der Waals surface area (Å²) in [7, 11) is 0. The molecule has 3 heterocycles. The topological polar surface area (TPSA) is 45.6 Å².